The van der Waals surface area contributed by atoms with Crippen molar-refractivity contribution in [2.45, 2.75) is 51.0 Å². The lowest BCUT2D eigenvalue weighted by molar-refractivity contribution is -0.142. The van der Waals surface area contributed by atoms with E-state index < -0.39 is 5.97 Å². The van der Waals surface area contributed by atoms with Gasteiger partial charge in [0.25, 0.3) is 6.01 Å². The summed E-state index contributed by atoms with van der Waals surface area (Å²) < 4.78 is 6.10. The van der Waals surface area contributed by atoms with Crippen molar-refractivity contribution in [3.63, 3.8) is 0 Å². The first kappa shape index (κ1) is 25.3. The summed E-state index contributed by atoms with van der Waals surface area (Å²) in [5.41, 5.74) is 5.02. The number of carbonyl (C=O) groups excluding carboxylic acids is 1. The van der Waals surface area contributed by atoms with E-state index in [-0.39, 0.29) is 23.8 Å². The average Bonchev–Trinajstić information content (AvgIpc) is 3.29. The van der Waals surface area contributed by atoms with Crippen LogP contribution < -0.4 is 4.74 Å². The second-order valence-corrected chi connectivity index (χ2v) is 10.6. The fraction of sp³-hybridized carbons (Fsp3) is 0.429. The van der Waals surface area contributed by atoms with Crippen LogP contribution in [-0.2, 0) is 9.59 Å². The van der Waals surface area contributed by atoms with Crippen molar-refractivity contribution in [2.75, 3.05) is 14.1 Å². The third kappa shape index (κ3) is 5.49. The first-order valence-corrected chi connectivity index (χ1v) is 13.1. The molecule has 2 N–H and O–H groups in total. The van der Waals surface area contributed by atoms with E-state index in [0.29, 0.717) is 40.7 Å². The van der Waals surface area contributed by atoms with Crippen LogP contribution in [0.25, 0.3) is 28.0 Å². The highest BCUT2D eigenvalue weighted by Crippen LogP contribution is 2.34. The van der Waals surface area contributed by atoms with Gasteiger partial charge in [-0.05, 0) is 62.1 Å². The summed E-state index contributed by atoms with van der Waals surface area (Å²) in [5, 5.41) is 9.72. The van der Waals surface area contributed by atoms with E-state index in [9.17, 15) is 14.7 Å². The maximum atomic E-state index is 12.2. The van der Waals surface area contributed by atoms with Crippen molar-refractivity contribution >= 4 is 40.2 Å². The van der Waals surface area contributed by atoms with Gasteiger partial charge in [-0.3, -0.25) is 9.59 Å². The molecule has 0 aliphatic heterocycles. The number of rotatable bonds is 6. The molecule has 37 heavy (non-hydrogen) atoms. The fourth-order valence-corrected chi connectivity index (χ4v) is 5.53. The number of aromatic nitrogens is 3. The average molecular weight is 523 g/mol. The molecule has 8 nitrogen and oxygen atoms in total. The summed E-state index contributed by atoms with van der Waals surface area (Å²) in [5.74, 6) is -0.764. The number of amides is 1. The van der Waals surface area contributed by atoms with Gasteiger partial charge in [0, 0.05) is 25.6 Å². The number of nitrogens with zero attached hydrogens (tertiary/aromatic N) is 3. The number of imidazole rings is 1. The minimum absolute atomic E-state index is 0.00845. The van der Waals surface area contributed by atoms with Crippen LogP contribution in [0.1, 0.15) is 50.5 Å². The number of nitrogens with one attached hydrogen (secondary N) is 1. The molecule has 9 heteroatoms. The molecule has 3 aromatic rings. The van der Waals surface area contributed by atoms with Gasteiger partial charge in [0.1, 0.15) is 6.10 Å². The van der Waals surface area contributed by atoms with E-state index >= 15 is 0 Å². The van der Waals surface area contributed by atoms with Crippen molar-refractivity contribution in [3.8, 4) is 17.3 Å². The lowest BCUT2D eigenvalue weighted by Gasteiger charge is -2.28. The van der Waals surface area contributed by atoms with Crippen molar-refractivity contribution < 1.29 is 19.4 Å². The fourth-order valence-electron chi connectivity index (χ4n) is 5.27. The number of carboxylic acids is 1. The lowest BCUT2D eigenvalue weighted by atomic mass is 9.86. The first-order valence-electron chi connectivity index (χ1n) is 12.7. The van der Waals surface area contributed by atoms with Gasteiger partial charge in [-0.1, -0.05) is 41.9 Å². The molecule has 1 fully saturated rings. The van der Waals surface area contributed by atoms with Crippen LogP contribution in [-0.4, -0.2) is 57.0 Å². The largest absolute Gasteiger partial charge is 0.481 e. The number of H-pyrrole nitrogens is 1. The highest BCUT2D eigenvalue weighted by molar-refractivity contribution is 6.33. The smallest absolute Gasteiger partial charge is 0.306 e. The molecular formula is C28H31ClN4O4. The summed E-state index contributed by atoms with van der Waals surface area (Å²) in [6.07, 6.45) is 7.25. The zero-order valence-electron chi connectivity index (χ0n) is 21.0. The molecule has 2 aromatic heterocycles. The Hall–Kier alpha value is -3.39. The van der Waals surface area contributed by atoms with Crippen LogP contribution >= 0.6 is 11.6 Å². The predicted octanol–water partition coefficient (Wildman–Crippen LogP) is 5.57. The Kier molecular flexibility index (Phi) is 7.20. The summed E-state index contributed by atoms with van der Waals surface area (Å²) in [7, 11) is 3.60. The molecule has 1 unspecified atom stereocenters. The van der Waals surface area contributed by atoms with Gasteiger partial charge in [0.15, 0.2) is 5.65 Å². The lowest BCUT2D eigenvalue weighted by Crippen LogP contribution is -2.34. The van der Waals surface area contributed by atoms with Crippen LogP contribution in [0.3, 0.4) is 0 Å². The molecule has 1 amide bonds. The van der Waals surface area contributed by atoms with Crippen LogP contribution in [0.5, 0.6) is 6.01 Å². The Morgan fingerprint density at radius 3 is 2.35 bits per heavy atom. The van der Waals surface area contributed by atoms with Crippen LogP contribution in [0.2, 0.25) is 5.02 Å². The summed E-state index contributed by atoms with van der Waals surface area (Å²) >= 11 is 6.59. The van der Waals surface area contributed by atoms with Gasteiger partial charge in [-0.25, -0.2) is 4.98 Å². The second-order valence-electron chi connectivity index (χ2n) is 10.2. The Morgan fingerprint density at radius 1 is 1.03 bits per heavy atom. The van der Waals surface area contributed by atoms with E-state index in [1.165, 1.54) is 5.57 Å². The molecule has 1 atom stereocenters. The van der Waals surface area contributed by atoms with Crippen LogP contribution in [0.4, 0.5) is 0 Å². The number of carboxylic acid groups (broad SMARTS) is 1. The number of allylic oxidation sites excluding steroid dienone is 2. The van der Waals surface area contributed by atoms with E-state index in [0.717, 1.165) is 43.2 Å². The number of halogens is 1. The monoisotopic (exact) mass is 522 g/mol. The molecule has 0 saturated heterocycles. The third-order valence-corrected chi connectivity index (χ3v) is 7.72. The zero-order valence-corrected chi connectivity index (χ0v) is 21.8. The Bertz CT molecular complexity index is 1340. The molecule has 0 spiro atoms. The Labute approximate surface area is 220 Å². The normalized spacial score (nSPS) is 21.9. The number of aromatic amines is 1. The summed E-state index contributed by atoms with van der Waals surface area (Å²) in [4.78, 5) is 37.5. The van der Waals surface area contributed by atoms with Gasteiger partial charge >= 0.3 is 5.97 Å². The van der Waals surface area contributed by atoms with E-state index in [2.05, 4.69) is 9.97 Å². The molecule has 2 heterocycles. The van der Waals surface area contributed by atoms with E-state index in [1.807, 2.05) is 36.4 Å². The Morgan fingerprint density at radius 2 is 1.73 bits per heavy atom. The molecule has 0 radical (unpaired) electrons. The Balaban J connectivity index is 1.27. The predicted molar refractivity (Wildman–Crippen MR) is 142 cm³/mol. The number of pyridine rings is 1. The molecule has 2 aliphatic carbocycles. The van der Waals surface area contributed by atoms with Crippen molar-refractivity contribution in [1.82, 2.24) is 19.9 Å². The zero-order chi connectivity index (χ0) is 26.1. The van der Waals surface area contributed by atoms with Gasteiger partial charge < -0.3 is 19.7 Å². The molecule has 5 rings (SSSR count). The highest BCUT2D eigenvalue weighted by atomic mass is 35.5. The number of ether oxygens (including phenoxy) is 1. The van der Waals surface area contributed by atoms with E-state index in [4.69, 9.17) is 21.3 Å². The second kappa shape index (κ2) is 10.5. The maximum absolute atomic E-state index is 12.2. The topological polar surface area (TPSA) is 108 Å². The van der Waals surface area contributed by atoms with Gasteiger partial charge in [-0.2, -0.15) is 4.98 Å². The summed E-state index contributed by atoms with van der Waals surface area (Å²) in [6.45, 7) is 0. The number of carbonyl (C=O) groups is 2. The molecule has 0 bridgehead atoms. The highest BCUT2D eigenvalue weighted by Gasteiger charge is 2.29. The van der Waals surface area contributed by atoms with E-state index in [1.54, 1.807) is 19.0 Å². The number of benzene rings is 1. The van der Waals surface area contributed by atoms with Gasteiger partial charge in [0.05, 0.1) is 22.2 Å². The minimum Gasteiger partial charge on any atom is -0.481 e. The van der Waals surface area contributed by atoms with Crippen molar-refractivity contribution in [3.05, 3.63) is 47.0 Å². The number of hydrogen-bond acceptors (Lipinski definition) is 5. The van der Waals surface area contributed by atoms with Crippen molar-refractivity contribution in [1.29, 1.82) is 0 Å². The first-order chi connectivity index (χ1) is 17.8. The minimum atomic E-state index is -0.724. The number of fused-ring (bicyclic) bond motifs is 1. The number of aliphatic carboxylic acids is 1. The third-order valence-electron chi connectivity index (χ3n) is 7.44. The summed E-state index contributed by atoms with van der Waals surface area (Å²) in [6, 6.07) is 10.3. The SMILES string of the molecule is CN(C)C(=O)[C@H]1CC[C@H](Oc2nc3nc(-c4ccc(C5=CCC(C(=O)O)CC5)cc4)c(Cl)cc3[nH]2)CC1. The number of hydrogen-bond donors (Lipinski definition) is 2. The molecule has 1 saturated carbocycles. The van der Waals surface area contributed by atoms with Crippen molar-refractivity contribution in [2.24, 2.45) is 11.8 Å². The quantitative estimate of drug-likeness (QED) is 0.438. The molecule has 194 valence electrons. The maximum Gasteiger partial charge on any atom is 0.306 e. The van der Waals surface area contributed by atoms with Crippen LogP contribution in [0.15, 0.2) is 36.4 Å². The standard InChI is InChI=1S/C28H31ClN4O4/c1-33(2)26(34)19-11-13-21(14-12-19)37-28-30-23-15-22(29)24(31-25(23)32-28)18-7-3-16(4-8-18)17-5-9-20(10-6-17)27(35)36/h3-5,7-8,15,19-21H,6,9-14H2,1-2H3,(H,35,36)(H,30,31,32)/t19-,20?,21-. The van der Waals surface area contributed by atoms with Crippen LogP contribution in [0, 0.1) is 11.8 Å². The van der Waals surface area contributed by atoms with Gasteiger partial charge in [-0.15, -0.1) is 0 Å². The van der Waals surface area contributed by atoms with Gasteiger partial charge in [0.2, 0.25) is 5.91 Å². The molecular weight excluding hydrogens is 492 g/mol. The molecule has 2 aliphatic rings. The molecule has 1 aromatic carbocycles.